The zero-order valence-electron chi connectivity index (χ0n) is 20.4. The molecule has 1 aliphatic carbocycles. The molecule has 1 amide bonds. The predicted octanol–water partition coefficient (Wildman–Crippen LogP) is 5.02. The van der Waals surface area contributed by atoms with E-state index in [2.05, 4.69) is 56.5 Å². The van der Waals surface area contributed by atoms with Crippen molar-refractivity contribution in [3.63, 3.8) is 0 Å². The zero-order chi connectivity index (χ0) is 24.6. The van der Waals surface area contributed by atoms with Crippen molar-refractivity contribution in [1.29, 1.82) is 0 Å². The maximum atomic E-state index is 12.5. The number of thioether (sulfide) groups is 1. The molecule has 1 N–H and O–H groups in total. The van der Waals surface area contributed by atoms with Crippen molar-refractivity contribution in [2.75, 3.05) is 20.0 Å². The lowest BCUT2D eigenvalue weighted by Crippen LogP contribution is -2.20. The van der Waals surface area contributed by atoms with E-state index in [1.54, 1.807) is 32.6 Å². The van der Waals surface area contributed by atoms with Crippen molar-refractivity contribution in [3.05, 3.63) is 53.6 Å². The SMILES string of the molecule is COc1ccc(/C=N\NC(=O)CSc2nnc(-c3ccc(C)cc3)n2C2CCCCC2)cc1OC. The molecular weight excluding hydrogens is 462 g/mol. The first kappa shape index (κ1) is 24.8. The molecular formula is C26H31N5O3S. The summed E-state index contributed by atoms with van der Waals surface area (Å²) in [4.78, 5) is 12.5. The Morgan fingerprint density at radius 3 is 2.54 bits per heavy atom. The van der Waals surface area contributed by atoms with Gasteiger partial charge in [-0.05, 0) is 43.5 Å². The quantitative estimate of drug-likeness (QED) is 0.256. The first-order valence-electron chi connectivity index (χ1n) is 11.8. The van der Waals surface area contributed by atoms with Crippen molar-refractivity contribution in [2.45, 2.75) is 50.2 Å². The molecule has 8 nitrogen and oxygen atoms in total. The summed E-state index contributed by atoms with van der Waals surface area (Å²) in [7, 11) is 3.16. The monoisotopic (exact) mass is 493 g/mol. The Labute approximate surface area is 210 Å². The minimum atomic E-state index is -0.207. The van der Waals surface area contributed by atoms with Gasteiger partial charge >= 0.3 is 0 Å². The van der Waals surface area contributed by atoms with Crippen LogP contribution >= 0.6 is 11.8 Å². The summed E-state index contributed by atoms with van der Waals surface area (Å²) in [6.07, 6.45) is 7.45. The molecule has 9 heteroatoms. The predicted molar refractivity (Wildman–Crippen MR) is 138 cm³/mol. The highest BCUT2D eigenvalue weighted by Gasteiger charge is 2.24. The smallest absolute Gasteiger partial charge is 0.250 e. The summed E-state index contributed by atoms with van der Waals surface area (Å²) in [5.41, 5.74) is 5.63. The van der Waals surface area contributed by atoms with E-state index in [-0.39, 0.29) is 11.7 Å². The largest absolute Gasteiger partial charge is 0.493 e. The van der Waals surface area contributed by atoms with Gasteiger partial charge < -0.3 is 9.47 Å². The number of nitrogens with zero attached hydrogens (tertiary/aromatic N) is 4. The second-order valence-electron chi connectivity index (χ2n) is 8.53. The van der Waals surface area contributed by atoms with Crippen molar-refractivity contribution >= 4 is 23.9 Å². The summed E-state index contributed by atoms with van der Waals surface area (Å²) in [5, 5.41) is 13.8. The average Bonchev–Trinajstić information content (AvgIpc) is 3.32. The molecule has 0 bridgehead atoms. The molecule has 2 aromatic carbocycles. The molecule has 0 spiro atoms. The first-order valence-corrected chi connectivity index (χ1v) is 12.8. The normalized spacial score (nSPS) is 14.3. The summed E-state index contributed by atoms with van der Waals surface area (Å²) >= 11 is 1.39. The summed E-state index contributed by atoms with van der Waals surface area (Å²) in [6, 6.07) is 14.1. The van der Waals surface area contributed by atoms with E-state index in [1.807, 2.05) is 6.07 Å². The lowest BCUT2D eigenvalue weighted by atomic mass is 9.95. The minimum absolute atomic E-state index is 0.196. The molecule has 35 heavy (non-hydrogen) atoms. The van der Waals surface area contributed by atoms with Crippen molar-refractivity contribution in [1.82, 2.24) is 20.2 Å². The molecule has 0 unspecified atom stereocenters. The van der Waals surface area contributed by atoms with Gasteiger partial charge in [0, 0.05) is 11.6 Å². The van der Waals surface area contributed by atoms with Crippen LogP contribution in [0.3, 0.4) is 0 Å². The Balaban J connectivity index is 1.43. The summed E-state index contributed by atoms with van der Waals surface area (Å²) in [6.45, 7) is 2.07. The molecule has 1 aliphatic rings. The van der Waals surface area contributed by atoms with Crippen LogP contribution in [0.25, 0.3) is 11.4 Å². The average molecular weight is 494 g/mol. The van der Waals surface area contributed by atoms with Gasteiger partial charge in [-0.3, -0.25) is 9.36 Å². The number of hydrazone groups is 1. The number of benzene rings is 2. The van der Waals surface area contributed by atoms with Crippen LogP contribution in [0.1, 0.15) is 49.3 Å². The van der Waals surface area contributed by atoms with Gasteiger partial charge in [-0.25, -0.2) is 5.43 Å². The molecule has 1 saturated carbocycles. The second-order valence-corrected chi connectivity index (χ2v) is 9.47. The van der Waals surface area contributed by atoms with Gasteiger partial charge in [0.05, 0.1) is 26.2 Å². The molecule has 0 saturated heterocycles. The highest BCUT2D eigenvalue weighted by Crippen LogP contribution is 2.35. The molecule has 3 aromatic rings. The number of hydrogen-bond acceptors (Lipinski definition) is 7. The molecule has 1 aromatic heterocycles. The minimum Gasteiger partial charge on any atom is -0.493 e. The lowest BCUT2D eigenvalue weighted by Gasteiger charge is -2.25. The lowest BCUT2D eigenvalue weighted by molar-refractivity contribution is -0.118. The van der Waals surface area contributed by atoms with Crippen LogP contribution in [0.5, 0.6) is 11.5 Å². The highest BCUT2D eigenvalue weighted by molar-refractivity contribution is 7.99. The fourth-order valence-corrected chi connectivity index (χ4v) is 5.02. The van der Waals surface area contributed by atoms with Crippen LogP contribution in [0.4, 0.5) is 0 Å². The fourth-order valence-electron chi connectivity index (χ4n) is 4.22. The number of aromatic nitrogens is 3. The molecule has 0 atom stereocenters. The van der Waals surface area contributed by atoms with Crippen molar-refractivity contribution in [3.8, 4) is 22.9 Å². The number of ether oxygens (including phenoxy) is 2. The van der Waals surface area contributed by atoms with E-state index < -0.39 is 0 Å². The Morgan fingerprint density at radius 1 is 1.09 bits per heavy atom. The number of amides is 1. The van der Waals surface area contributed by atoms with E-state index in [0.717, 1.165) is 34.9 Å². The third kappa shape index (κ3) is 6.22. The molecule has 0 aliphatic heterocycles. The third-order valence-corrected chi connectivity index (χ3v) is 7.00. The Morgan fingerprint density at radius 2 is 1.83 bits per heavy atom. The number of carbonyl (C=O) groups is 1. The number of nitrogens with one attached hydrogen (secondary N) is 1. The number of rotatable bonds is 9. The van der Waals surface area contributed by atoms with Crippen LogP contribution in [0.15, 0.2) is 52.7 Å². The highest BCUT2D eigenvalue weighted by atomic mass is 32.2. The molecule has 1 fully saturated rings. The molecule has 184 valence electrons. The third-order valence-electron chi connectivity index (χ3n) is 6.06. The van der Waals surface area contributed by atoms with Gasteiger partial charge in [-0.2, -0.15) is 5.10 Å². The van der Waals surface area contributed by atoms with Crippen LogP contribution in [-0.4, -0.2) is 46.9 Å². The Hall–Kier alpha value is -3.33. The molecule has 1 heterocycles. The van der Waals surface area contributed by atoms with Gasteiger partial charge in [-0.15, -0.1) is 10.2 Å². The summed E-state index contributed by atoms with van der Waals surface area (Å²) < 4.78 is 12.8. The van der Waals surface area contributed by atoms with E-state index in [0.29, 0.717) is 17.5 Å². The number of hydrogen-bond donors (Lipinski definition) is 1. The van der Waals surface area contributed by atoms with Gasteiger partial charge in [-0.1, -0.05) is 60.9 Å². The maximum Gasteiger partial charge on any atom is 0.250 e. The van der Waals surface area contributed by atoms with E-state index in [4.69, 9.17) is 9.47 Å². The Kier molecular flexibility index (Phi) is 8.41. The fraction of sp³-hybridized carbons (Fsp3) is 0.385. The standard InChI is InChI=1S/C26H31N5O3S/c1-18-9-12-20(13-10-18)25-29-30-26(31(25)21-7-5-4-6-8-21)35-17-24(32)28-27-16-19-11-14-22(33-2)23(15-19)34-3/h9-16,21H,4-8,17H2,1-3H3,(H,28,32)/b27-16-. The summed E-state index contributed by atoms with van der Waals surface area (Å²) in [5.74, 6) is 2.09. The zero-order valence-corrected chi connectivity index (χ0v) is 21.2. The van der Waals surface area contributed by atoms with Crippen LogP contribution in [-0.2, 0) is 4.79 Å². The number of methoxy groups -OCH3 is 2. The number of aryl methyl sites for hydroxylation is 1. The maximum absolute atomic E-state index is 12.5. The van der Waals surface area contributed by atoms with Crippen LogP contribution < -0.4 is 14.9 Å². The van der Waals surface area contributed by atoms with Crippen LogP contribution in [0, 0.1) is 6.92 Å². The second kappa shape index (κ2) is 11.9. The first-order chi connectivity index (χ1) is 17.1. The van der Waals surface area contributed by atoms with Gasteiger partial charge in [0.25, 0.3) is 5.91 Å². The van der Waals surface area contributed by atoms with Crippen molar-refractivity contribution < 1.29 is 14.3 Å². The van der Waals surface area contributed by atoms with Gasteiger partial charge in [0.15, 0.2) is 22.5 Å². The van der Waals surface area contributed by atoms with E-state index in [1.165, 1.54) is 36.6 Å². The molecule has 0 radical (unpaired) electrons. The van der Waals surface area contributed by atoms with Crippen LogP contribution in [0.2, 0.25) is 0 Å². The van der Waals surface area contributed by atoms with Gasteiger partial charge in [0.2, 0.25) is 0 Å². The number of carbonyl (C=O) groups excluding carboxylic acids is 1. The van der Waals surface area contributed by atoms with Gasteiger partial charge in [0.1, 0.15) is 0 Å². The van der Waals surface area contributed by atoms with E-state index >= 15 is 0 Å². The topological polar surface area (TPSA) is 90.6 Å². The Bertz CT molecular complexity index is 1170. The van der Waals surface area contributed by atoms with E-state index in [9.17, 15) is 4.79 Å². The molecule has 4 rings (SSSR count). The van der Waals surface area contributed by atoms with Crippen molar-refractivity contribution in [2.24, 2.45) is 5.10 Å².